The average molecular weight is 743 g/mol. The standard InChI is InChI=1S/C54H34N2O2/c1-3-12-35(13-4-1)36-22-26-40(27-23-36)55(50-20-11-18-45-43-17-8-10-21-51(43)58-54(45)50)41-28-31-52-47(34-41)44-29-24-38(33-53(44)57-52)37-25-30-49-46(32-37)42-16-7-9-19-48(42)56(49)39-14-5-2-6-15-39/h1-34H. The molecule has 0 bridgehead atoms. The second-order valence-electron chi connectivity index (χ2n) is 14.9. The molecule has 0 aliphatic rings. The van der Waals surface area contributed by atoms with Gasteiger partial charge in [-0.3, -0.25) is 0 Å². The normalized spacial score (nSPS) is 11.8. The van der Waals surface area contributed by atoms with E-state index in [2.05, 4.69) is 204 Å². The zero-order chi connectivity index (χ0) is 38.2. The second kappa shape index (κ2) is 12.9. The summed E-state index contributed by atoms with van der Waals surface area (Å²) in [6.45, 7) is 0. The second-order valence-corrected chi connectivity index (χ2v) is 14.9. The first-order valence-corrected chi connectivity index (χ1v) is 19.7. The lowest BCUT2D eigenvalue weighted by molar-refractivity contribution is 0.669. The zero-order valence-electron chi connectivity index (χ0n) is 31.3. The van der Waals surface area contributed by atoms with Gasteiger partial charge in [-0.15, -0.1) is 0 Å². The van der Waals surface area contributed by atoms with Crippen LogP contribution in [0.15, 0.2) is 215 Å². The van der Waals surface area contributed by atoms with Crippen molar-refractivity contribution < 1.29 is 8.83 Å². The van der Waals surface area contributed by atoms with Gasteiger partial charge in [-0.25, -0.2) is 0 Å². The van der Waals surface area contributed by atoms with Crippen LogP contribution in [0.25, 0.3) is 93.6 Å². The number of fused-ring (bicyclic) bond motifs is 9. The largest absolute Gasteiger partial charge is 0.456 e. The van der Waals surface area contributed by atoms with Crippen molar-refractivity contribution in [1.82, 2.24) is 4.57 Å². The third-order valence-electron chi connectivity index (χ3n) is 11.6. The van der Waals surface area contributed by atoms with Gasteiger partial charge in [0, 0.05) is 49.4 Å². The number of aromatic nitrogens is 1. The van der Waals surface area contributed by atoms with Gasteiger partial charge in [0.25, 0.3) is 0 Å². The molecule has 0 N–H and O–H groups in total. The van der Waals surface area contributed by atoms with E-state index in [4.69, 9.17) is 8.83 Å². The van der Waals surface area contributed by atoms with Crippen molar-refractivity contribution in [2.75, 3.05) is 4.90 Å². The van der Waals surface area contributed by atoms with Crippen LogP contribution < -0.4 is 4.90 Å². The Morgan fingerprint density at radius 2 is 0.948 bits per heavy atom. The molecular formula is C54H34N2O2. The molecule has 12 aromatic rings. The molecule has 3 heterocycles. The molecule has 0 saturated heterocycles. The van der Waals surface area contributed by atoms with Crippen molar-refractivity contribution in [1.29, 1.82) is 0 Å². The number of hydrogen-bond acceptors (Lipinski definition) is 3. The molecule has 0 fully saturated rings. The summed E-state index contributed by atoms with van der Waals surface area (Å²) >= 11 is 0. The molecule has 12 rings (SSSR count). The third kappa shape index (κ3) is 5.09. The van der Waals surface area contributed by atoms with Gasteiger partial charge in [0.05, 0.1) is 16.7 Å². The minimum atomic E-state index is 0.846. The third-order valence-corrected chi connectivity index (χ3v) is 11.6. The van der Waals surface area contributed by atoms with Gasteiger partial charge >= 0.3 is 0 Å². The maximum Gasteiger partial charge on any atom is 0.159 e. The summed E-state index contributed by atoms with van der Waals surface area (Å²) < 4.78 is 15.6. The van der Waals surface area contributed by atoms with Crippen LogP contribution in [0.5, 0.6) is 0 Å². The molecule has 0 atom stereocenters. The van der Waals surface area contributed by atoms with Crippen molar-refractivity contribution in [2.24, 2.45) is 0 Å². The van der Waals surface area contributed by atoms with Crippen LogP contribution in [0.2, 0.25) is 0 Å². The SMILES string of the molecule is c1ccc(-c2ccc(N(c3ccc4oc5cc(-c6ccc7c(c6)c6ccccc6n7-c6ccccc6)ccc5c4c3)c3cccc4c3oc3ccccc34)cc2)cc1. The van der Waals surface area contributed by atoms with Gasteiger partial charge in [-0.05, 0) is 107 Å². The highest BCUT2D eigenvalue weighted by molar-refractivity contribution is 6.13. The summed E-state index contributed by atoms with van der Waals surface area (Å²) in [6, 6.07) is 73.1. The first-order chi connectivity index (χ1) is 28.7. The number of hydrogen-bond donors (Lipinski definition) is 0. The van der Waals surface area contributed by atoms with Gasteiger partial charge in [0.1, 0.15) is 16.7 Å². The van der Waals surface area contributed by atoms with Gasteiger partial charge in [-0.2, -0.15) is 0 Å². The number of para-hydroxylation sites is 4. The molecule has 4 heteroatoms. The number of anilines is 3. The van der Waals surface area contributed by atoms with E-state index in [0.717, 1.165) is 77.8 Å². The van der Waals surface area contributed by atoms with E-state index in [1.54, 1.807) is 0 Å². The minimum absolute atomic E-state index is 0.846. The Morgan fingerprint density at radius 1 is 0.328 bits per heavy atom. The van der Waals surface area contributed by atoms with Gasteiger partial charge in [0.15, 0.2) is 5.58 Å². The summed E-state index contributed by atoms with van der Waals surface area (Å²) in [5.41, 5.74) is 14.6. The molecule has 9 aromatic carbocycles. The fourth-order valence-electron chi connectivity index (χ4n) is 8.86. The Hall–Kier alpha value is -7.82. The minimum Gasteiger partial charge on any atom is -0.456 e. The molecule has 3 aromatic heterocycles. The molecule has 0 radical (unpaired) electrons. The van der Waals surface area contributed by atoms with Crippen LogP contribution in [-0.2, 0) is 0 Å². The fraction of sp³-hybridized carbons (Fsp3) is 0. The first kappa shape index (κ1) is 32.4. The summed E-state index contributed by atoms with van der Waals surface area (Å²) in [7, 11) is 0. The molecule has 58 heavy (non-hydrogen) atoms. The van der Waals surface area contributed by atoms with Crippen LogP contribution in [0.3, 0.4) is 0 Å². The maximum absolute atomic E-state index is 6.61. The van der Waals surface area contributed by atoms with Crippen molar-refractivity contribution in [3.8, 4) is 27.9 Å². The lowest BCUT2D eigenvalue weighted by atomic mass is 10.0. The quantitative estimate of drug-likeness (QED) is 0.170. The van der Waals surface area contributed by atoms with E-state index >= 15 is 0 Å². The van der Waals surface area contributed by atoms with Crippen LogP contribution in [0, 0.1) is 0 Å². The summed E-state index contributed by atoms with van der Waals surface area (Å²) in [5, 5.41) is 6.78. The summed E-state index contributed by atoms with van der Waals surface area (Å²) in [5.74, 6) is 0. The molecular weight excluding hydrogens is 709 g/mol. The fourth-order valence-corrected chi connectivity index (χ4v) is 8.86. The topological polar surface area (TPSA) is 34.5 Å². The van der Waals surface area contributed by atoms with Crippen LogP contribution in [-0.4, -0.2) is 4.57 Å². The molecule has 0 amide bonds. The van der Waals surface area contributed by atoms with E-state index in [1.165, 1.54) is 32.9 Å². The predicted octanol–water partition coefficient (Wildman–Crippen LogP) is 15.4. The highest BCUT2D eigenvalue weighted by Crippen LogP contribution is 2.44. The first-order valence-electron chi connectivity index (χ1n) is 19.7. The van der Waals surface area contributed by atoms with Gasteiger partial charge in [-0.1, -0.05) is 121 Å². The Balaban J connectivity index is 0.987. The molecule has 0 spiro atoms. The zero-order valence-corrected chi connectivity index (χ0v) is 31.3. The van der Waals surface area contributed by atoms with E-state index < -0.39 is 0 Å². The van der Waals surface area contributed by atoms with Crippen molar-refractivity contribution in [3.63, 3.8) is 0 Å². The maximum atomic E-state index is 6.61. The van der Waals surface area contributed by atoms with Crippen LogP contribution >= 0.6 is 0 Å². The molecule has 0 unspecified atom stereocenters. The Labute approximate surface area is 334 Å². The van der Waals surface area contributed by atoms with E-state index in [1.807, 2.05) is 12.1 Å². The summed E-state index contributed by atoms with van der Waals surface area (Å²) in [6.07, 6.45) is 0. The number of rotatable bonds is 6. The number of furan rings is 2. The van der Waals surface area contributed by atoms with E-state index in [0.29, 0.717) is 0 Å². The van der Waals surface area contributed by atoms with E-state index in [9.17, 15) is 0 Å². The average Bonchev–Trinajstić information content (AvgIpc) is 3.97. The number of nitrogens with zero attached hydrogens (tertiary/aromatic N) is 2. The van der Waals surface area contributed by atoms with E-state index in [-0.39, 0.29) is 0 Å². The predicted molar refractivity (Wildman–Crippen MR) is 241 cm³/mol. The van der Waals surface area contributed by atoms with Crippen LogP contribution in [0.4, 0.5) is 17.1 Å². The smallest absolute Gasteiger partial charge is 0.159 e. The Bertz CT molecular complexity index is 3500. The van der Waals surface area contributed by atoms with Gasteiger partial charge in [0.2, 0.25) is 0 Å². The van der Waals surface area contributed by atoms with Crippen molar-refractivity contribution in [3.05, 3.63) is 206 Å². The molecule has 0 saturated carbocycles. The van der Waals surface area contributed by atoms with Crippen molar-refractivity contribution in [2.45, 2.75) is 0 Å². The lowest BCUT2D eigenvalue weighted by Gasteiger charge is -2.26. The molecule has 0 aliphatic carbocycles. The highest BCUT2D eigenvalue weighted by Gasteiger charge is 2.21. The molecule has 272 valence electrons. The van der Waals surface area contributed by atoms with Gasteiger partial charge < -0.3 is 18.3 Å². The highest BCUT2D eigenvalue weighted by atomic mass is 16.3. The van der Waals surface area contributed by atoms with Crippen LogP contribution in [0.1, 0.15) is 0 Å². The summed E-state index contributed by atoms with van der Waals surface area (Å²) in [4.78, 5) is 2.30. The number of benzene rings is 9. The monoisotopic (exact) mass is 742 g/mol. The molecule has 4 nitrogen and oxygen atoms in total. The Kier molecular flexibility index (Phi) is 7.20. The molecule has 0 aliphatic heterocycles. The lowest BCUT2D eigenvalue weighted by Crippen LogP contribution is -2.10. The van der Waals surface area contributed by atoms with Crippen molar-refractivity contribution >= 4 is 82.7 Å². The Morgan fingerprint density at radius 3 is 1.81 bits per heavy atom.